The summed E-state index contributed by atoms with van der Waals surface area (Å²) in [5.41, 5.74) is -4.50. The minimum atomic E-state index is -5.43. The molecule has 0 aromatic heterocycles. The van der Waals surface area contributed by atoms with Gasteiger partial charge in [-0.2, -0.15) is 26.3 Å². The molecule has 1 atom stereocenters. The lowest BCUT2D eigenvalue weighted by molar-refractivity contribution is -0.143. The number of hydrogen-bond acceptors (Lipinski definition) is 7. The van der Waals surface area contributed by atoms with E-state index in [1.807, 2.05) is 9.80 Å². The number of β-amino-alcohol motifs (C(OH)–C–C–N with tert-alkyl or cyclic N) is 1. The molecule has 3 aliphatic heterocycles. The average molecular weight is 741 g/mol. The summed E-state index contributed by atoms with van der Waals surface area (Å²) in [5, 5.41) is 10.4. The number of piperazine rings is 1. The van der Waals surface area contributed by atoms with Crippen LogP contribution in [0.15, 0.2) is 36.4 Å². The number of hydrogen-bond donors (Lipinski definition) is 1. The van der Waals surface area contributed by atoms with Crippen molar-refractivity contribution in [3.05, 3.63) is 53.3 Å². The van der Waals surface area contributed by atoms with Crippen molar-refractivity contribution in [3.8, 4) is 5.75 Å². The Morgan fingerprint density at radius 1 is 0.882 bits per heavy atom. The lowest BCUT2D eigenvalue weighted by Crippen LogP contribution is -2.51. The fourth-order valence-electron chi connectivity index (χ4n) is 6.31. The number of alkyl halides is 8. The van der Waals surface area contributed by atoms with E-state index in [1.165, 1.54) is 9.80 Å². The van der Waals surface area contributed by atoms with Gasteiger partial charge in [-0.1, -0.05) is 0 Å². The first-order valence-corrected chi connectivity index (χ1v) is 16.1. The fourth-order valence-corrected chi connectivity index (χ4v) is 6.31. The molecule has 10 nitrogen and oxygen atoms in total. The standard InChI is InChI=1S/C32H37F9N6O4/c1-42(23-4-2-22(33)3-5-23)29(50)51-27-25(32(39,40)41)16-21(31(36,37)38)17-26(27)47-15-14-46(28(47)49)13-12-43-8-10-44(11-9-43)18-24(48)19-45-7-6-30(34,35)20-45/h2-5,16-17,24,48H,6-15,18-20H2,1H3. The molecule has 0 radical (unpaired) electrons. The van der Waals surface area contributed by atoms with Gasteiger partial charge in [0.2, 0.25) is 0 Å². The van der Waals surface area contributed by atoms with Crippen LogP contribution in [0.25, 0.3) is 0 Å². The van der Waals surface area contributed by atoms with E-state index in [0.717, 1.165) is 36.2 Å². The Balaban J connectivity index is 1.25. The third kappa shape index (κ3) is 9.55. The van der Waals surface area contributed by atoms with Gasteiger partial charge in [0, 0.05) is 91.1 Å². The van der Waals surface area contributed by atoms with Gasteiger partial charge in [0.1, 0.15) is 11.4 Å². The van der Waals surface area contributed by atoms with Crippen LogP contribution in [0.3, 0.4) is 0 Å². The van der Waals surface area contributed by atoms with Gasteiger partial charge in [-0.3, -0.25) is 24.5 Å². The molecule has 3 fully saturated rings. The maximum absolute atomic E-state index is 14.2. The lowest BCUT2D eigenvalue weighted by atomic mass is 10.1. The molecule has 0 aliphatic carbocycles. The van der Waals surface area contributed by atoms with Gasteiger partial charge in [-0.05, 0) is 36.4 Å². The van der Waals surface area contributed by atoms with Gasteiger partial charge in [-0.25, -0.2) is 22.8 Å². The van der Waals surface area contributed by atoms with Gasteiger partial charge < -0.3 is 14.7 Å². The second-order valence-electron chi connectivity index (χ2n) is 12.8. The van der Waals surface area contributed by atoms with Gasteiger partial charge in [0.05, 0.1) is 23.9 Å². The van der Waals surface area contributed by atoms with Crippen LogP contribution in [0.4, 0.5) is 60.5 Å². The summed E-state index contributed by atoms with van der Waals surface area (Å²) in [6.45, 7) is 2.48. The third-order valence-corrected chi connectivity index (χ3v) is 9.10. The number of halogens is 9. The number of amides is 3. The third-order valence-electron chi connectivity index (χ3n) is 9.10. The van der Waals surface area contributed by atoms with Gasteiger partial charge in [0.25, 0.3) is 5.92 Å². The maximum atomic E-state index is 14.2. The Kier molecular flexibility index (Phi) is 11.3. The van der Waals surface area contributed by atoms with Crippen molar-refractivity contribution in [3.63, 3.8) is 0 Å². The number of aliphatic hydroxyl groups excluding tert-OH is 1. The zero-order valence-electron chi connectivity index (χ0n) is 27.5. The number of anilines is 2. The Morgan fingerprint density at radius 3 is 2.10 bits per heavy atom. The summed E-state index contributed by atoms with van der Waals surface area (Å²) in [6, 6.07) is 3.50. The largest absolute Gasteiger partial charge is 0.420 e. The van der Waals surface area contributed by atoms with Crippen molar-refractivity contribution in [1.29, 1.82) is 0 Å². The Hall–Kier alpha value is -3.81. The second kappa shape index (κ2) is 15.0. The lowest BCUT2D eigenvalue weighted by Gasteiger charge is -2.36. The van der Waals surface area contributed by atoms with Gasteiger partial charge in [0.15, 0.2) is 5.75 Å². The Labute approximate surface area is 287 Å². The number of rotatable bonds is 10. The number of benzene rings is 2. The van der Waals surface area contributed by atoms with Crippen molar-refractivity contribution in [1.82, 2.24) is 19.6 Å². The molecule has 2 aromatic rings. The fraction of sp³-hybridized carbons (Fsp3) is 0.562. The van der Waals surface area contributed by atoms with E-state index in [2.05, 4.69) is 0 Å². The highest BCUT2D eigenvalue weighted by Crippen LogP contribution is 2.47. The van der Waals surface area contributed by atoms with Crippen LogP contribution in [0.1, 0.15) is 17.5 Å². The molecule has 0 spiro atoms. The van der Waals surface area contributed by atoms with Crippen molar-refractivity contribution in [2.75, 3.05) is 95.4 Å². The minimum absolute atomic E-state index is 0.0123. The monoisotopic (exact) mass is 740 g/mol. The van der Waals surface area contributed by atoms with E-state index >= 15 is 0 Å². The molecule has 3 aliphatic rings. The van der Waals surface area contributed by atoms with E-state index in [-0.39, 0.29) is 57.4 Å². The normalized spacial score (nSPS) is 19.9. The van der Waals surface area contributed by atoms with E-state index in [1.54, 1.807) is 0 Å². The molecule has 3 amide bonds. The van der Waals surface area contributed by atoms with Crippen LogP contribution in [0, 0.1) is 5.82 Å². The van der Waals surface area contributed by atoms with Gasteiger partial charge >= 0.3 is 24.5 Å². The molecular weight excluding hydrogens is 703 g/mol. The predicted molar refractivity (Wildman–Crippen MR) is 166 cm³/mol. The smallest absolute Gasteiger partial charge is 0.407 e. The predicted octanol–water partition coefficient (Wildman–Crippen LogP) is 5.06. The zero-order valence-corrected chi connectivity index (χ0v) is 27.5. The molecule has 3 saturated heterocycles. The first kappa shape index (κ1) is 38.4. The van der Waals surface area contributed by atoms with E-state index in [4.69, 9.17) is 4.74 Å². The minimum Gasteiger partial charge on any atom is -0.407 e. The summed E-state index contributed by atoms with van der Waals surface area (Å²) in [4.78, 5) is 34.7. The number of aliphatic hydroxyl groups is 1. The van der Waals surface area contributed by atoms with Crippen LogP contribution in [0.5, 0.6) is 5.75 Å². The number of carbonyl (C=O) groups excluding carboxylic acids is 2. The molecule has 0 bridgehead atoms. The highest BCUT2D eigenvalue weighted by atomic mass is 19.4. The number of ether oxygens (including phenoxy) is 1. The van der Waals surface area contributed by atoms with Crippen molar-refractivity contribution in [2.24, 2.45) is 0 Å². The quantitative estimate of drug-likeness (QED) is 0.342. The van der Waals surface area contributed by atoms with Crippen molar-refractivity contribution >= 4 is 23.5 Å². The summed E-state index contributed by atoms with van der Waals surface area (Å²) in [7, 11) is 1.11. The SMILES string of the molecule is CN(C(=O)Oc1c(N2CCN(CCN3CCN(CC(O)CN4CCC(F)(F)C4)CC3)C2=O)cc(C(F)(F)F)cc1C(F)(F)F)c1ccc(F)cc1. The zero-order chi connectivity index (χ0) is 37.3. The molecule has 1 unspecified atom stereocenters. The highest BCUT2D eigenvalue weighted by molar-refractivity contribution is 5.97. The van der Waals surface area contributed by atoms with Crippen molar-refractivity contribution < 1.29 is 58.9 Å². The van der Waals surface area contributed by atoms with Crippen LogP contribution >= 0.6 is 0 Å². The van der Waals surface area contributed by atoms with Crippen molar-refractivity contribution in [2.45, 2.75) is 30.8 Å². The number of likely N-dealkylation sites (tertiary alicyclic amines) is 1. The first-order valence-electron chi connectivity index (χ1n) is 16.1. The molecular formula is C32H37F9N6O4. The Bertz CT molecular complexity index is 1550. The van der Waals surface area contributed by atoms with Crippen LogP contribution in [0.2, 0.25) is 0 Å². The molecule has 5 rings (SSSR count). The maximum Gasteiger partial charge on any atom is 0.420 e. The van der Waals surface area contributed by atoms with Crippen LogP contribution in [-0.2, 0) is 12.4 Å². The summed E-state index contributed by atoms with van der Waals surface area (Å²) >= 11 is 0. The Morgan fingerprint density at radius 2 is 1.51 bits per heavy atom. The molecule has 0 saturated carbocycles. The topological polar surface area (TPSA) is 83.0 Å². The molecule has 1 N–H and O–H groups in total. The van der Waals surface area contributed by atoms with E-state index in [0.29, 0.717) is 50.2 Å². The molecule has 282 valence electrons. The van der Waals surface area contributed by atoms with E-state index in [9.17, 15) is 54.2 Å². The molecule has 51 heavy (non-hydrogen) atoms. The molecule has 2 aromatic carbocycles. The first-order chi connectivity index (χ1) is 23.8. The van der Waals surface area contributed by atoms with Crippen LogP contribution in [-0.4, -0.2) is 134 Å². The summed E-state index contributed by atoms with van der Waals surface area (Å²) in [5.74, 6) is -4.70. The molecule has 19 heteroatoms. The molecule has 3 heterocycles. The van der Waals surface area contributed by atoms with E-state index < -0.39 is 64.9 Å². The summed E-state index contributed by atoms with van der Waals surface area (Å²) < 4.78 is 130. The van der Waals surface area contributed by atoms with Crippen LogP contribution < -0.4 is 14.5 Å². The number of carbonyl (C=O) groups is 2. The highest BCUT2D eigenvalue weighted by Gasteiger charge is 2.44. The number of urea groups is 1. The number of nitrogens with zero attached hydrogens (tertiary/aromatic N) is 6. The van der Waals surface area contributed by atoms with Gasteiger partial charge in [-0.15, -0.1) is 0 Å². The average Bonchev–Trinajstić information content (AvgIpc) is 3.59. The summed E-state index contributed by atoms with van der Waals surface area (Å²) in [6.07, 6.45) is -13.2. The second-order valence-corrected chi connectivity index (χ2v) is 12.8.